The molecule has 4 amide bonds. The van der Waals surface area contributed by atoms with Crippen molar-refractivity contribution in [3.63, 3.8) is 0 Å². The molecule has 0 bridgehead atoms. The average Bonchev–Trinajstić information content (AvgIpc) is 3.06. The third kappa shape index (κ3) is 13.9. The zero-order valence-corrected chi connectivity index (χ0v) is 18.9. The monoisotopic (exact) mass is 457 g/mol. The molecule has 1 aliphatic rings. The Hall–Kier alpha value is -2.34. The first-order valence-electron chi connectivity index (χ1n) is 10.8. The van der Waals surface area contributed by atoms with Gasteiger partial charge in [0.25, 0.3) is 11.8 Å². The van der Waals surface area contributed by atoms with Gasteiger partial charge in [-0.3, -0.25) is 24.1 Å². The summed E-state index contributed by atoms with van der Waals surface area (Å²) >= 11 is 0. The highest BCUT2D eigenvalue weighted by atomic mass is 16.6. The first kappa shape index (κ1) is 27.7. The Morgan fingerprint density at radius 2 is 1.28 bits per heavy atom. The third-order valence-electron chi connectivity index (χ3n) is 4.07. The van der Waals surface area contributed by atoms with E-state index < -0.39 is 11.8 Å². The van der Waals surface area contributed by atoms with E-state index in [0.717, 1.165) is 4.90 Å². The number of nitrogens with one attached hydrogen (secondary N) is 2. The molecule has 0 atom stereocenters. The minimum absolute atomic E-state index is 0.0235. The topological polar surface area (TPSA) is 132 Å². The maximum Gasteiger partial charge on any atom is 0.253 e. The van der Waals surface area contributed by atoms with Crippen molar-refractivity contribution in [2.45, 2.75) is 32.7 Å². The van der Waals surface area contributed by atoms with Crippen LogP contribution in [0.2, 0.25) is 0 Å². The number of nitrogens with zero attached hydrogens (tertiary/aromatic N) is 1. The first-order valence-corrected chi connectivity index (χ1v) is 10.8. The molecule has 182 valence electrons. The van der Waals surface area contributed by atoms with Gasteiger partial charge in [-0.05, 0) is 13.8 Å². The van der Waals surface area contributed by atoms with Gasteiger partial charge in [-0.25, -0.2) is 0 Å². The molecule has 2 N–H and O–H groups in total. The van der Waals surface area contributed by atoms with Gasteiger partial charge in [0.1, 0.15) is 0 Å². The number of ether oxygens (including phenoxy) is 4. The molecule has 0 spiro atoms. The van der Waals surface area contributed by atoms with Crippen LogP contribution in [0.3, 0.4) is 0 Å². The maximum atomic E-state index is 11.7. The Kier molecular flexibility index (Phi) is 14.9. The van der Waals surface area contributed by atoms with Crippen LogP contribution in [-0.2, 0) is 38.1 Å². The summed E-state index contributed by atoms with van der Waals surface area (Å²) < 4.78 is 21.4. The van der Waals surface area contributed by atoms with E-state index in [4.69, 9.17) is 18.9 Å². The van der Waals surface area contributed by atoms with Gasteiger partial charge in [0.15, 0.2) is 0 Å². The number of amides is 4. The molecule has 0 aromatic heterocycles. The molecule has 11 heteroatoms. The van der Waals surface area contributed by atoms with Crippen molar-refractivity contribution in [2.24, 2.45) is 0 Å². The van der Waals surface area contributed by atoms with E-state index in [9.17, 15) is 19.2 Å². The fraction of sp³-hybridized carbons (Fsp3) is 0.714. The predicted molar refractivity (Wildman–Crippen MR) is 115 cm³/mol. The summed E-state index contributed by atoms with van der Waals surface area (Å²) in [4.78, 5) is 46.9. The fourth-order valence-corrected chi connectivity index (χ4v) is 2.54. The summed E-state index contributed by atoms with van der Waals surface area (Å²) in [5.41, 5.74) is 0. The molecular formula is C21H35N3O8. The summed E-state index contributed by atoms with van der Waals surface area (Å²) in [6.45, 7) is 7.44. The van der Waals surface area contributed by atoms with E-state index in [-0.39, 0.29) is 30.8 Å². The molecule has 1 heterocycles. The van der Waals surface area contributed by atoms with Crippen LogP contribution in [0.15, 0.2) is 12.2 Å². The van der Waals surface area contributed by atoms with Crippen LogP contribution in [-0.4, -0.2) is 101 Å². The number of imide groups is 1. The number of carbonyl (C=O) groups excluding carboxylic acids is 4. The Morgan fingerprint density at radius 3 is 1.81 bits per heavy atom. The minimum atomic E-state index is -0.396. The average molecular weight is 458 g/mol. The second-order valence-corrected chi connectivity index (χ2v) is 7.18. The molecule has 0 saturated heterocycles. The molecule has 0 aromatic carbocycles. The molecule has 0 fully saturated rings. The number of carbonyl (C=O) groups is 4. The minimum Gasteiger partial charge on any atom is -0.379 e. The van der Waals surface area contributed by atoms with E-state index in [1.54, 1.807) is 0 Å². The summed E-state index contributed by atoms with van der Waals surface area (Å²) in [5, 5.41) is 5.45. The van der Waals surface area contributed by atoms with Crippen molar-refractivity contribution >= 4 is 23.6 Å². The van der Waals surface area contributed by atoms with E-state index in [1.165, 1.54) is 12.2 Å². The molecular weight excluding hydrogens is 422 g/mol. The van der Waals surface area contributed by atoms with Gasteiger partial charge in [-0.15, -0.1) is 0 Å². The highest BCUT2D eigenvalue weighted by Gasteiger charge is 2.23. The van der Waals surface area contributed by atoms with Crippen LogP contribution in [0.5, 0.6) is 0 Å². The Balaban J connectivity index is 1.79. The summed E-state index contributed by atoms with van der Waals surface area (Å²) in [5.74, 6) is -1.07. The molecule has 0 unspecified atom stereocenters. The molecule has 0 saturated carbocycles. The molecule has 1 aliphatic heterocycles. The molecule has 0 aliphatic carbocycles. The molecule has 32 heavy (non-hydrogen) atoms. The summed E-state index contributed by atoms with van der Waals surface area (Å²) in [6.07, 6.45) is 2.77. The lowest BCUT2D eigenvalue weighted by molar-refractivity contribution is -0.137. The van der Waals surface area contributed by atoms with E-state index in [1.807, 2.05) is 13.8 Å². The quantitative estimate of drug-likeness (QED) is 0.194. The van der Waals surface area contributed by atoms with Crippen molar-refractivity contribution in [3.05, 3.63) is 12.2 Å². The van der Waals surface area contributed by atoms with Crippen molar-refractivity contribution in [1.82, 2.24) is 15.5 Å². The second kappa shape index (κ2) is 17.2. The number of hydrogen-bond donors (Lipinski definition) is 2. The van der Waals surface area contributed by atoms with Crippen LogP contribution < -0.4 is 10.6 Å². The van der Waals surface area contributed by atoms with E-state index in [0.29, 0.717) is 65.8 Å². The Bertz CT molecular complexity index is 606. The van der Waals surface area contributed by atoms with Gasteiger partial charge >= 0.3 is 0 Å². The number of rotatable bonds is 19. The van der Waals surface area contributed by atoms with Crippen LogP contribution in [0.25, 0.3) is 0 Å². The molecule has 0 radical (unpaired) electrons. The van der Waals surface area contributed by atoms with E-state index >= 15 is 0 Å². The lowest BCUT2D eigenvalue weighted by Gasteiger charge is -2.13. The largest absolute Gasteiger partial charge is 0.379 e. The summed E-state index contributed by atoms with van der Waals surface area (Å²) in [6, 6.07) is 0.132. The third-order valence-corrected chi connectivity index (χ3v) is 4.07. The van der Waals surface area contributed by atoms with Crippen LogP contribution in [0, 0.1) is 0 Å². The normalized spacial score (nSPS) is 13.3. The smallest absolute Gasteiger partial charge is 0.253 e. The zero-order valence-electron chi connectivity index (χ0n) is 18.9. The predicted octanol–water partition coefficient (Wildman–Crippen LogP) is -0.601. The van der Waals surface area contributed by atoms with Crippen LogP contribution in [0.1, 0.15) is 26.7 Å². The molecule has 0 aromatic rings. The SMILES string of the molecule is CC(C)NC(=O)CCOCCOCCOCCOCCNC(=O)CCN1C(=O)C=CC1=O. The highest BCUT2D eigenvalue weighted by Crippen LogP contribution is 2.03. The second-order valence-electron chi connectivity index (χ2n) is 7.18. The van der Waals surface area contributed by atoms with Gasteiger partial charge in [0, 0.05) is 44.1 Å². The van der Waals surface area contributed by atoms with Crippen LogP contribution >= 0.6 is 0 Å². The first-order chi connectivity index (χ1) is 15.4. The van der Waals surface area contributed by atoms with Gasteiger partial charge in [-0.1, -0.05) is 0 Å². The Morgan fingerprint density at radius 1 is 0.781 bits per heavy atom. The Labute approximate surface area is 188 Å². The van der Waals surface area contributed by atoms with Gasteiger partial charge in [-0.2, -0.15) is 0 Å². The van der Waals surface area contributed by atoms with Crippen LogP contribution in [0.4, 0.5) is 0 Å². The standard InChI is InChI=1S/C21H35N3O8/c1-17(2)23-19(26)6-9-29-11-13-31-15-16-32-14-12-30-10-7-22-18(25)5-8-24-20(27)3-4-21(24)28/h3-4,17H,5-16H2,1-2H3,(H,22,25)(H,23,26). The van der Waals surface area contributed by atoms with Gasteiger partial charge in [0.05, 0.1) is 52.9 Å². The van der Waals surface area contributed by atoms with Crippen molar-refractivity contribution in [3.8, 4) is 0 Å². The van der Waals surface area contributed by atoms with Crippen molar-refractivity contribution in [1.29, 1.82) is 0 Å². The van der Waals surface area contributed by atoms with Gasteiger partial charge in [0.2, 0.25) is 11.8 Å². The lowest BCUT2D eigenvalue weighted by atomic mass is 10.3. The van der Waals surface area contributed by atoms with Gasteiger partial charge < -0.3 is 29.6 Å². The van der Waals surface area contributed by atoms with E-state index in [2.05, 4.69) is 10.6 Å². The lowest BCUT2D eigenvalue weighted by Crippen LogP contribution is -2.35. The molecule has 1 rings (SSSR count). The summed E-state index contributed by atoms with van der Waals surface area (Å²) in [7, 11) is 0. The highest BCUT2D eigenvalue weighted by molar-refractivity contribution is 6.13. The molecule has 11 nitrogen and oxygen atoms in total. The zero-order chi connectivity index (χ0) is 23.6. The van der Waals surface area contributed by atoms with Crippen molar-refractivity contribution in [2.75, 3.05) is 65.9 Å². The maximum absolute atomic E-state index is 11.7. The van der Waals surface area contributed by atoms with Crippen molar-refractivity contribution < 1.29 is 38.1 Å². The number of hydrogen-bond acceptors (Lipinski definition) is 8. The fourth-order valence-electron chi connectivity index (χ4n) is 2.54.